The van der Waals surface area contributed by atoms with E-state index in [1.807, 2.05) is 5.32 Å². The number of carbonyl (C=O) groups is 2. The Bertz CT molecular complexity index is 633. The maximum atomic E-state index is 11.8. The Morgan fingerprint density at radius 1 is 1.33 bits per heavy atom. The molecule has 0 bridgehead atoms. The Labute approximate surface area is 121 Å². The third-order valence-corrected chi connectivity index (χ3v) is 4.26. The summed E-state index contributed by atoms with van der Waals surface area (Å²) in [4.78, 5) is 22.6. The Kier molecular flexibility index (Phi) is 5.10. The number of sulfonamides is 1. The highest BCUT2D eigenvalue weighted by atomic mass is 32.2. The lowest BCUT2D eigenvalue weighted by Crippen LogP contribution is -2.47. The van der Waals surface area contributed by atoms with E-state index in [1.165, 1.54) is 21.0 Å². The second kappa shape index (κ2) is 6.24. The molecular weight excluding hydrogens is 304 g/mol. The number of hydrogen-bond acceptors (Lipinski definition) is 6. The van der Waals surface area contributed by atoms with E-state index in [4.69, 9.17) is 9.52 Å². The van der Waals surface area contributed by atoms with Gasteiger partial charge >= 0.3 is 5.97 Å². The van der Waals surface area contributed by atoms with Crippen LogP contribution in [0.3, 0.4) is 0 Å². The van der Waals surface area contributed by atoms with Gasteiger partial charge in [0.1, 0.15) is 0 Å². The first kappa shape index (κ1) is 17.1. The van der Waals surface area contributed by atoms with Gasteiger partial charge in [-0.25, -0.2) is 17.5 Å². The van der Waals surface area contributed by atoms with Crippen LogP contribution in [0.1, 0.15) is 17.5 Å². The average Bonchev–Trinajstić information content (AvgIpc) is 2.84. The molecule has 0 fully saturated rings. The Hall–Kier alpha value is -1.91. The van der Waals surface area contributed by atoms with Gasteiger partial charge in [-0.2, -0.15) is 0 Å². The molecule has 9 nitrogen and oxygen atoms in total. The van der Waals surface area contributed by atoms with Crippen LogP contribution < -0.4 is 5.32 Å². The van der Waals surface area contributed by atoms with Gasteiger partial charge in [0.2, 0.25) is 5.09 Å². The monoisotopic (exact) mass is 320 g/mol. The summed E-state index contributed by atoms with van der Waals surface area (Å²) in [6.45, 7) is 1.20. The number of hydrogen-bond donors (Lipinski definition) is 3. The van der Waals surface area contributed by atoms with Crippen LogP contribution in [0.4, 0.5) is 0 Å². The molecule has 1 heterocycles. The minimum atomic E-state index is -3.83. The van der Waals surface area contributed by atoms with E-state index >= 15 is 0 Å². The minimum Gasteiger partial charge on any atom is -0.480 e. The van der Waals surface area contributed by atoms with Crippen LogP contribution in [0.5, 0.6) is 0 Å². The van der Waals surface area contributed by atoms with E-state index in [9.17, 15) is 23.1 Å². The molecule has 3 N–H and O–H groups in total. The largest absolute Gasteiger partial charge is 0.480 e. The molecule has 0 aliphatic rings. The highest BCUT2D eigenvalue weighted by Gasteiger charge is 2.28. The van der Waals surface area contributed by atoms with Crippen molar-refractivity contribution in [2.45, 2.75) is 24.2 Å². The lowest BCUT2D eigenvalue weighted by atomic mass is 10.2. The lowest BCUT2D eigenvalue weighted by Gasteiger charge is -2.16. The van der Waals surface area contributed by atoms with Crippen molar-refractivity contribution in [3.05, 3.63) is 17.9 Å². The van der Waals surface area contributed by atoms with Gasteiger partial charge in [0.25, 0.3) is 15.9 Å². The number of aliphatic hydroxyl groups excluding tert-OH is 1. The quantitative estimate of drug-likeness (QED) is 0.617. The fourth-order valence-corrected chi connectivity index (χ4v) is 2.16. The molecule has 2 unspecified atom stereocenters. The van der Waals surface area contributed by atoms with Gasteiger partial charge in [-0.15, -0.1) is 0 Å². The first-order valence-corrected chi connectivity index (χ1v) is 7.25. The van der Waals surface area contributed by atoms with E-state index < -0.39 is 39.1 Å². The van der Waals surface area contributed by atoms with Crippen LogP contribution in [-0.4, -0.2) is 61.1 Å². The number of nitrogens with zero attached hydrogens (tertiary/aromatic N) is 1. The van der Waals surface area contributed by atoms with Crippen molar-refractivity contribution in [3.8, 4) is 0 Å². The van der Waals surface area contributed by atoms with Crippen LogP contribution in [0.15, 0.2) is 21.6 Å². The molecule has 0 aromatic carbocycles. The van der Waals surface area contributed by atoms with Crippen LogP contribution in [0.25, 0.3) is 0 Å². The average molecular weight is 320 g/mol. The van der Waals surface area contributed by atoms with Gasteiger partial charge < -0.3 is 19.9 Å². The SMILES string of the molecule is CC(O)C(NC(=O)c1ccc(S(=O)(=O)N(C)C)o1)C(=O)O. The summed E-state index contributed by atoms with van der Waals surface area (Å²) in [6, 6.07) is 0.659. The molecular formula is C11H16N2O7S. The van der Waals surface area contributed by atoms with Crippen LogP contribution in [-0.2, 0) is 14.8 Å². The van der Waals surface area contributed by atoms with E-state index in [-0.39, 0.29) is 5.76 Å². The van der Waals surface area contributed by atoms with Crippen molar-refractivity contribution in [2.24, 2.45) is 0 Å². The highest BCUT2D eigenvalue weighted by molar-refractivity contribution is 7.88. The molecule has 0 saturated heterocycles. The zero-order valence-electron chi connectivity index (χ0n) is 11.6. The third kappa shape index (κ3) is 3.80. The van der Waals surface area contributed by atoms with Gasteiger partial charge in [-0.05, 0) is 19.1 Å². The number of amides is 1. The maximum Gasteiger partial charge on any atom is 0.328 e. The predicted octanol–water partition coefficient (Wildman–Crippen LogP) is -0.906. The lowest BCUT2D eigenvalue weighted by molar-refractivity contribution is -0.141. The standard InChI is InChI=1S/C11H16N2O7S/c1-6(14)9(11(16)17)12-10(15)7-4-5-8(20-7)21(18,19)13(2)3/h4-6,9,14H,1-3H3,(H,12,15)(H,16,17). The number of furan rings is 1. The van der Waals surface area contributed by atoms with Crippen molar-refractivity contribution < 1.29 is 32.6 Å². The van der Waals surface area contributed by atoms with Crippen LogP contribution in [0.2, 0.25) is 0 Å². The van der Waals surface area contributed by atoms with E-state index in [1.54, 1.807) is 0 Å². The molecule has 1 aromatic rings. The number of carboxylic acids is 1. The maximum absolute atomic E-state index is 11.8. The summed E-state index contributed by atoms with van der Waals surface area (Å²) in [6.07, 6.45) is -1.33. The summed E-state index contributed by atoms with van der Waals surface area (Å²) >= 11 is 0. The van der Waals surface area contributed by atoms with E-state index in [0.717, 1.165) is 16.4 Å². The van der Waals surface area contributed by atoms with Gasteiger partial charge in [0.05, 0.1) is 6.10 Å². The van der Waals surface area contributed by atoms with Gasteiger partial charge in [0, 0.05) is 14.1 Å². The third-order valence-electron chi connectivity index (χ3n) is 2.58. The summed E-state index contributed by atoms with van der Waals surface area (Å²) < 4.78 is 29.4. The number of aliphatic hydroxyl groups is 1. The van der Waals surface area contributed by atoms with Crippen molar-refractivity contribution in [2.75, 3.05) is 14.1 Å². The van der Waals surface area contributed by atoms with Gasteiger partial charge in [-0.3, -0.25) is 4.79 Å². The first-order valence-electron chi connectivity index (χ1n) is 5.81. The second-order valence-electron chi connectivity index (χ2n) is 4.44. The molecule has 1 rings (SSSR count). The van der Waals surface area contributed by atoms with Crippen molar-refractivity contribution in [3.63, 3.8) is 0 Å². The first-order chi connectivity index (χ1) is 9.57. The molecule has 21 heavy (non-hydrogen) atoms. The topological polar surface area (TPSA) is 137 Å². The highest BCUT2D eigenvalue weighted by Crippen LogP contribution is 2.17. The Morgan fingerprint density at radius 2 is 1.90 bits per heavy atom. The van der Waals surface area contributed by atoms with Gasteiger partial charge in [-0.1, -0.05) is 0 Å². The fourth-order valence-electron chi connectivity index (χ4n) is 1.36. The zero-order valence-corrected chi connectivity index (χ0v) is 12.4. The summed E-state index contributed by atoms with van der Waals surface area (Å²) in [5.41, 5.74) is 0. The van der Waals surface area contributed by atoms with E-state index in [2.05, 4.69) is 0 Å². The predicted molar refractivity (Wildman–Crippen MR) is 70.2 cm³/mol. The summed E-state index contributed by atoms with van der Waals surface area (Å²) in [5, 5.41) is 19.7. The molecule has 1 amide bonds. The van der Waals surface area contributed by atoms with Crippen molar-refractivity contribution >= 4 is 21.9 Å². The Balaban J connectivity index is 2.96. The molecule has 0 radical (unpaired) electrons. The zero-order chi connectivity index (χ0) is 16.4. The number of aliphatic carboxylic acids is 1. The molecule has 10 heteroatoms. The van der Waals surface area contributed by atoms with Crippen LogP contribution >= 0.6 is 0 Å². The molecule has 0 saturated carbocycles. The van der Waals surface area contributed by atoms with E-state index in [0.29, 0.717) is 0 Å². The number of carbonyl (C=O) groups excluding carboxylic acids is 1. The number of rotatable bonds is 6. The molecule has 0 aliphatic heterocycles. The summed E-state index contributed by atoms with van der Waals surface area (Å²) in [7, 11) is -1.24. The molecule has 1 aromatic heterocycles. The minimum absolute atomic E-state index is 0.373. The second-order valence-corrected chi connectivity index (χ2v) is 6.52. The summed E-state index contributed by atoms with van der Waals surface area (Å²) in [5.74, 6) is -2.74. The van der Waals surface area contributed by atoms with Crippen molar-refractivity contribution in [1.82, 2.24) is 9.62 Å². The smallest absolute Gasteiger partial charge is 0.328 e. The van der Waals surface area contributed by atoms with Crippen LogP contribution in [0, 0.1) is 0 Å². The Morgan fingerprint density at radius 3 is 2.33 bits per heavy atom. The molecule has 2 atom stereocenters. The number of carboxylic acid groups (broad SMARTS) is 1. The normalized spacial score (nSPS) is 14.7. The van der Waals surface area contributed by atoms with Gasteiger partial charge in [0.15, 0.2) is 11.8 Å². The molecule has 0 spiro atoms. The molecule has 118 valence electrons. The van der Waals surface area contributed by atoms with Crippen molar-refractivity contribution in [1.29, 1.82) is 0 Å². The fraction of sp³-hybridized carbons (Fsp3) is 0.455. The number of nitrogens with one attached hydrogen (secondary N) is 1. The molecule has 0 aliphatic carbocycles.